The van der Waals surface area contributed by atoms with Crippen LogP contribution in [0.15, 0.2) is 23.1 Å². The van der Waals surface area contributed by atoms with Crippen LogP contribution >= 0.6 is 0 Å². The topological polar surface area (TPSA) is 51.2 Å². The van der Waals surface area contributed by atoms with E-state index in [1.54, 1.807) is 12.1 Å². The number of ketones is 1. The van der Waals surface area contributed by atoms with Gasteiger partial charge in [0.1, 0.15) is 4.75 Å². The molecule has 2 atom stereocenters. The molecule has 2 aliphatic carbocycles. The van der Waals surface area contributed by atoms with Gasteiger partial charge in [0.15, 0.2) is 15.6 Å². The van der Waals surface area contributed by atoms with E-state index in [1.165, 1.54) is 0 Å². The number of carbonyl (C=O) groups excluding carboxylic acids is 1. The summed E-state index contributed by atoms with van der Waals surface area (Å²) in [4.78, 5) is 12.3. The largest absolute Gasteiger partial charge is 0.298 e. The van der Waals surface area contributed by atoms with Gasteiger partial charge in [-0.25, -0.2) is 8.42 Å². The highest BCUT2D eigenvalue weighted by Crippen LogP contribution is 2.60. The molecular formula is C14H16O3S. The SMILES string of the molecule is Cc1cc(C)cc(S(=O)(=O)[C@]23C[C@H]2CCC3=O)c1. The van der Waals surface area contributed by atoms with Crippen LogP contribution in [0.1, 0.15) is 30.4 Å². The number of hydrogen-bond donors (Lipinski definition) is 0. The molecule has 0 bridgehead atoms. The highest BCUT2D eigenvalue weighted by atomic mass is 32.2. The maximum absolute atomic E-state index is 12.7. The Labute approximate surface area is 107 Å². The first-order valence-corrected chi connectivity index (χ1v) is 7.72. The van der Waals surface area contributed by atoms with E-state index in [2.05, 4.69) is 0 Å². The molecule has 0 saturated heterocycles. The third kappa shape index (κ3) is 1.35. The fraction of sp³-hybridized carbons (Fsp3) is 0.500. The van der Waals surface area contributed by atoms with E-state index < -0.39 is 14.6 Å². The molecule has 3 rings (SSSR count). The van der Waals surface area contributed by atoms with Gasteiger partial charge in [-0.1, -0.05) is 6.07 Å². The van der Waals surface area contributed by atoms with Crippen LogP contribution in [0.5, 0.6) is 0 Å². The van der Waals surface area contributed by atoms with E-state index in [-0.39, 0.29) is 11.7 Å². The van der Waals surface area contributed by atoms with E-state index in [4.69, 9.17) is 0 Å². The van der Waals surface area contributed by atoms with Gasteiger partial charge < -0.3 is 0 Å². The molecule has 0 heterocycles. The molecule has 0 aromatic heterocycles. The van der Waals surface area contributed by atoms with Crippen molar-refractivity contribution in [3.63, 3.8) is 0 Å². The Balaban J connectivity index is 2.14. The van der Waals surface area contributed by atoms with Gasteiger partial charge in [0, 0.05) is 6.42 Å². The van der Waals surface area contributed by atoms with Gasteiger partial charge in [0.25, 0.3) is 0 Å². The van der Waals surface area contributed by atoms with Crippen molar-refractivity contribution in [3.05, 3.63) is 29.3 Å². The van der Waals surface area contributed by atoms with E-state index in [9.17, 15) is 13.2 Å². The minimum Gasteiger partial charge on any atom is -0.298 e. The molecule has 0 aliphatic heterocycles. The van der Waals surface area contributed by atoms with Gasteiger partial charge in [-0.05, 0) is 55.9 Å². The monoisotopic (exact) mass is 264 g/mol. The average molecular weight is 264 g/mol. The quantitative estimate of drug-likeness (QED) is 0.822. The third-order valence-electron chi connectivity index (χ3n) is 4.23. The second-order valence-corrected chi connectivity index (χ2v) is 7.79. The molecule has 0 spiro atoms. The van der Waals surface area contributed by atoms with Gasteiger partial charge >= 0.3 is 0 Å². The summed E-state index contributed by atoms with van der Waals surface area (Å²) in [6, 6.07) is 5.30. The van der Waals surface area contributed by atoms with Crippen LogP contribution in [0.2, 0.25) is 0 Å². The number of benzene rings is 1. The molecule has 0 amide bonds. The first kappa shape index (κ1) is 11.9. The molecule has 2 aliphatic rings. The summed E-state index contributed by atoms with van der Waals surface area (Å²) in [6.07, 6.45) is 1.69. The van der Waals surface area contributed by atoms with Crippen molar-refractivity contribution in [1.29, 1.82) is 0 Å². The Kier molecular flexibility index (Phi) is 2.28. The van der Waals surface area contributed by atoms with Crippen molar-refractivity contribution in [2.75, 3.05) is 0 Å². The van der Waals surface area contributed by atoms with Gasteiger partial charge in [0.05, 0.1) is 4.90 Å². The fourth-order valence-electron chi connectivity index (χ4n) is 3.28. The lowest BCUT2D eigenvalue weighted by Gasteiger charge is -2.14. The summed E-state index contributed by atoms with van der Waals surface area (Å²) in [5.74, 6) is -0.0116. The maximum Gasteiger partial charge on any atom is 0.191 e. The second kappa shape index (κ2) is 3.44. The second-order valence-electron chi connectivity index (χ2n) is 5.58. The zero-order valence-electron chi connectivity index (χ0n) is 10.6. The van der Waals surface area contributed by atoms with E-state index in [1.807, 2.05) is 19.9 Å². The van der Waals surface area contributed by atoms with E-state index in [0.29, 0.717) is 17.7 Å². The molecule has 0 radical (unpaired) electrons. The standard InChI is InChI=1S/C14H16O3S/c1-9-5-10(2)7-12(6-9)18(16,17)14-8-11(14)3-4-13(14)15/h5-7,11H,3-4,8H2,1-2H3/t11-,14-/m1/s1. The van der Waals surface area contributed by atoms with Gasteiger partial charge in [-0.15, -0.1) is 0 Å². The van der Waals surface area contributed by atoms with Crippen LogP contribution in [0, 0.1) is 19.8 Å². The van der Waals surface area contributed by atoms with Crippen LogP contribution in [0.3, 0.4) is 0 Å². The lowest BCUT2D eigenvalue weighted by molar-refractivity contribution is -0.118. The molecule has 18 heavy (non-hydrogen) atoms. The Morgan fingerprint density at radius 3 is 2.22 bits per heavy atom. The zero-order chi connectivity index (χ0) is 13.1. The Morgan fingerprint density at radius 2 is 1.78 bits per heavy atom. The number of sulfone groups is 1. The first-order valence-electron chi connectivity index (χ1n) is 6.24. The molecule has 2 saturated carbocycles. The van der Waals surface area contributed by atoms with Crippen molar-refractivity contribution in [2.24, 2.45) is 5.92 Å². The number of aryl methyl sites for hydroxylation is 2. The van der Waals surface area contributed by atoms with Gasteiger partial charge in [-0.3, -0.25) is 4.79 Å². The summed E-state index contributed by atoms with van der Waals surface area (Å²) in [5.41, 5.74) is 1.85. The van der Waals surface area contributed by atoms with Crippen molar-refractivity contribution in [1.82, 2.24) is 0 Å². The Morgan fingerprint density at radius 1 is 1.17 bits per heavy atom. The number of carbonyl (C=O) groups is 1. The molecule has 4 heteroatoms. The van der Waals surface area contributed by atoms with Crippen LogP contribution in [-0.2, 0) is 14.6 Å². The zero-order valence-corrected chi connectivity index (χ0v) is 11.4. The highest BCUT2D eigenvalue weighted by Gasteiger charge is 2.71. The molecule has 0 unspecified atom stereocenters. The van der Waals surface area contributed by atoms with Crippen LogP contribution in [0.4, 0.5) is 0 Å². The van der Waals surface area contributed by atoms with Crippen LogP contribution < -0.4 is 0 Å². The predicted molar refractivity (Wildman–Crippen MR) is 68.2 cm³/mol. The van der Waals surface area contributed by atoms with Crippen LogP contribution in [-0.4, -0.2) is 18.9 Å². The molecule has 1 aromatic rings. The number of Topliss-reactive ketones (excluding diaryl/α,β-unsaturated/α-hetero) is 1. The molecular weight excluding hydrogens is 248 g/mol. The fourth-order valence-corrected chi connectivity index (χ4v) is 5.76. The minimum atomic E-state index is -3.51. The molecule has 0 N–H and O–H groups in total. The predicted octanol–water partition coefficient (Wildman–Crippen LogP) is 2.20. The highest BCUT2D eigenvalue weighted by molar-refractivity contribution is 7.94. The Bertz CT molecular complexity index is 625. The lowest BCUT2D eigenvalue weighted by Crippen LogP contribution is -2.31. The maximum atomic E-state index is 12.7. The van der Waals surface area contributed by atoms with Crippen molar-refractivity contribution < 1.29 is 13.2 Å². The molecule has 1 aromatic carbocycles. The summed E-state index contributed by atoms with van der Waals surface area (Å²) in [7, 11) is -3.51. The minimum absolute atomic E-state index is 0.0656. The summed E-state index contributed by atoms with van der Waals surface area (Å²) in [5, 5.41) is 0. The third-order valence-corrected chi connectivity index (χ3v) is 6.77. The van der Waals surface area contributed by atoms with Crippen LogP contribution in [0.25, 0.3) is 0 Å². The Hall–Kier alpha value is -1.16. The molecule has 3 nitrogen and oxygen atoms in total. The average Bonchev–Trinajstić information content (AvgIpc) is 2.93. The first-order chi connectivity index (χ1) is 8.38. The normalized spacial score (nSPS) is 30.3. The summed E-state index contributed by atoms with van der Waals surface area (Å²) < 4.78 is 24.3. The smallest absolute Gasteiger partial charge is 0.191 e. The van der Waals surface area contributed by atoms with Crippen molar-refractivity contribution in [2.45, 2.75) is 42.8 Å². The summed E-state index contributed by atoms with van der Waals surface area (Å²) in [6.45, 7) is 3.76. The van der Waals surface area contributed by atoms with E-state index >= 15 is 0 Å². The van der Waals surface area contributed by atoms with Crippen molar-refractivity contribution >= 4 is 15.6 Å². The van der Waals surface area contributed by atoms with Gasteiger partial charge in [0.2, 0.25) is 0 Å². The van der Waals surface area contributed by atoms with Gasteiger partial charge in [-0.2, -0.15) is 0 Å². The number of hydrogen-bond acceptors (Lipinski definition) is 3. The van der Waals surface area contributed by atoms with E-state index in [0.717, 1.165) is 17.5 Å². The number of fused-ring (bicyclic) bond motifs is 1. The molecule has 2 fully saturated rings. The lowest BCUT2D eigenvalue weighted by atomic mass is 10.2. The summed E-state index contributed by atoms with van der Waals surface area (Å²) >= 11 is 0. The molecule has 96 valence electrons. The number of rotatable bonds is 2. The van der Waals surface area contributed by atoms with Crippen molar-refractivity contribution in [3.8, 4) is 0 Å².